The van der Waals surface area contributed by atoms with Gasteiger partial charge in [0.1, 0.15) is 0 Å². The van der Waals surface area contributed by atoms with Crippen LogP contribution in [0.25, 0.3) is 0 Å². The van der Waals surface area contributed by atoms with Crippen LogP contribution >= 0.6 is 15.9 Å². The quantitative estimate of drug-likeness (QED) is 0.433. The molecule has 5 heteroatoms. The van der Waals surface area contributed by atoms with Gasteiger partial charge in [-0.25, -0.2) is 0 Å². The highest BCUT2D eigenvalue weighted by Gasteiger charge is 2.28. The van der Waals surface area contributed by atoms with Gasteiger partial charge in [-0.3, -0.25) is 9.59 Å². The van der Waals surface area contributed by atoms with Crippen LogP contribution in [-0.2, 0) is 19.1 Å². The first-order valence-corrected chi connectivity index (χ1v) is 5.45. The first kappa shape index (κ1) is 13.4. The van der Waals surface area contributed by atoms with Gasteiger partial charge in [0.15, 0.2) is 10.9 Å². The van der Waals surface area contributed by atoms with E-state index in [1.54, 1.807) is 20.8 Å². The van der Waals surface area contributed by atoms with Crippen LogP contribution in [0.5, 0.6) is 0 Å². The Hall–Kier alpha value is -0.580. The minimum Gasteiger partial charge on any atom is -0.465 e. The molecule has 0 spiro atoms. The van der Waals surface area contributed by atoms with Gasteiger partial charge in [0, 0.05) is 0 Å². The van der Waals surface area contributed by atoms with Crippen LogP contribution in [0.15, 0.2) is 0 Å². The molecule has 0 aliphatic rings. The maximum atomic E-state index is 11.3. The van der Waals surface area contributed by atoms with Crippen molar-refractivity contribution < 1.29 is 19.1 Å². The van der Waals surface area contributed by atoms with Crippen LogP contribution in [-0.4, -0.2) is 23.6 Å². The molecule has 0 aromatic heterocycles. The molecule has 0 aromatic carbocycles. The van der Waals surface area contributed by atoms with Crippen LogP contribution in [0.3, 0.4) is 0 Å². The van der Waals surface area contributed by atoms with Crippen molar-refractivity contribution in [1.82, 2.24) is 0 Å². The zero-order chi connectivity index (χ0) is 11.1. The Bertz CT molecular complexity index is 203. The topological polar surface area (TPSA) is 52.6 Å². The summed E-state index contributed by atoms with van der Waals surface area (Å²) in [4.78, 5) is 22.6. The lowest BCUT2D eigenvalue weighted by Crippen LogP contribution is -2.28. The van der Waals surface area contributed by atoms with Crippen molar-refractivity contribution in [2.75, 3.05) is 6.61 Å². The van der Waals surface area contributed by atoms with Crippen LogP contribution < -0.4 is 0 Å². The lowest BCUT2D eigenvalue weighted by molar-refractivity contribution is -0.162. The third kappa shape index (κ3) is 4.60. The Morgan fingerprint density at radius 2 is 1.86 bits per heavy atom. The SMILES string of the molecule is CCOC(=O)C(CC)C(=O)OC(C)Br. The highest BCUT2D eigenvalue weighted by molar-refractivity contribution is 9.09. The zero-order valence-corrected chi connectivity index (χ0v) is 10.2. The zero-order valence-electron chi connectivity index (χ0n) is 8.58. The minimum absolute atomic E-state index is 0.270. The van der Waals surface area contributed by atoms with Crippen molar-refractivity contribution in [3.05, 3.63) is 0 Å². The van der Waals surface area contributed by atoms with Crippen LogP contribution in [0.1, 0.15) is 27.2 Å². The third-order valence-corrected chi connectivity index (χ3v) is 1.73. The molecule has 0 saturated heterocycles. The van der Waals surface area contributed by atoms with Crippen molar-refractivity contribution in [3.63, 3.8) is 0 Å². The Balaban J connectivity index is 4.25. The van der Waals surface area contributed by atoms with Crippen molar-refractivity contribution in [3.8, 4) is 0 Å². The van der Waals surface area contributed by atoms with Crippen LogP contribution in [0.2, 0.25) is 0 Å². The molecule has 0 bridgehead atoms. The predicted molar refractivity (Wildman–Crippen MR) is 54.9 cm³/mol. The molecule has 0 saturated carbocycles. The largest absolute Gasteiger partial charge is 0.465 e. The molecule has 0 aliphatic carbocycles. The molecule has 0 N–H and O–H groups in total. The van der Waals surface area contributed by atoms with Gasteiger partial charge in [0.25, 0.3) is 0 Å². The molecule has 2 unspecified atom stereocenters. The Morgan fingerprint density at radius 3 is 2.21 bits per heavy atom. The Kier molecular flexibility index (Phi) is 6.53. The molecule has 14 heavy (non-hydrogen) atoms. The number of esters is 2. The van der Waals surface area contributed by atoms with E-state index in [0.717, 1.165) is 0 Å². The molecule has 0 rings (SSSR count). The number of hydrogen-bond donors (Lipinski definition) is 0. The first-order valence-electron chi connectivity index (χ1n) is 4.54. The van der Waals surface area contributed by atoms with Gasteiger partial charge in [-0.05, 0) is 36.2 Å². The van der Waals surface area contributed by atoms with Gasteiger partial charge in [0.05, 0.1) is 6.61 Å². The molecular formula is C9H15BrO4. The van der Waals surface area contributed by atoms with Crippen molar-refractivity contribution >= 4 is 27.9 Å². The molecule has 82 valence electrons. The average molecular weight is 267 g/mol. The van der Waals surface area contributed by atoms with Gasteiger partial charge in [-0.15, -0.1) is 0 Å². The summed E-state index contributed by atoms with van der Waals surface area (Å²) in [6.45, 7) is 5.37. The van der Waals surface area contributed by atoms with E-state index in [9.17, 15) is 9.59 Å². The predicted octanol–water partition coefficient (Wildman–Crippen LogP) is 1.86. The van der Waals surface area contributed by atoms with E-state index < -0.39 is 22.9 Å². The van der Waals surface area contributed by atoms with E-state index in [1.807, 2.05) is 0 Å². The van der Waals surface area contributed by atoms with Crippen molar-refractivity contribution in [2.45, 2.75) is 32.2 Å². The number of hydrogen-bond acceptors (Lipinski definition) is 4. The van der Waals surface area contributed by atoms with E-state index in [-0.39, 0.29) is 6.61 Å². The van der Waals surface area contributed by atoms with Gasteiger partial charge in [-0.1, -0.05) is 6.92 Å². The molecule has 0 fully saturated rings. The van der Waals surface area contributed by atoms with E-state index in [4.69, 9.17) is 9.47 Å². The Labute approximate surface area is 92.1 Å². The number of ether oxygens (including phenoxy) is 2. The fourth-order valence-corrected chi connectivity index (χ4v) is 1.10. The summed E-state index contributed by atoms with van der Waals surface area (Å²) in [6, 6.07) is 0. The van der Waals surface area contributed by atoms with Gasteiger partial charge in [-0.2, -0.15) is 0 Å². The van der Waals surface area contributed by atoms with Gasteiger partial charge < -0.3 is 9.47 Å². The first-order chi connectivity index (χ1) is 6.52. The normalized spacial score (nSPS) is 14.3. The lowest BCUT2D eigenvalue weighted by Gasteiger charge is -2.13. The fraction of sp³-hybridized carbons (Fsp3) is 0.778. The van der Waals surface area contributed by atoms with E-state index in [2.05, 4.69) is 15.9 Å². The van der Waals surface area contributed by atoms with Crippen LogP contribution in [0, 0.1) is 5.92 Å². The molecule has 0 amide bonds. The Morgan fingerprint density at radius 1 is 1.29 bits per heavy atom. The number of halogens is 1. The average Bonchev–Trinajstić information content (AvgIpc) is 2.04. The molecule has 0 heterocycles. The maximum Gasteiger partial charge on any atom is 0.321 e. The van der Waals surface area contributed by atoms with E-state index >= 15 is 0 Å². The minimum atomic E-state index is -0.810. The summed E-state index contributed by atoms with van der Waals surface area (Å²) in [6.07, 6.45) is 0.386. The van der Waals surface area contributed by atoms with Gasteiger partial charge in [0.2, 0.25) is 0 Å². The molecular weight excluding hydrogens is 252 g/mol. The highest BCUT2D eigenvalue weighted by atomic mass is 79.9. The fourth-order valence-electron chi connectivity index (χ4n) is 0.915. The summed E-state index contributed by atoms with van der Waals surface area (Å²) < 4.78 is 9.59. The number of carbonyl (C=O) groups is 2. The highest BCUT2D eigenvalue weighted by Crippen LogP contribution is 2.11. The van der Waals surface area contributed by atoms with E-state index in [0.29, 0.717) is 6.42 Å². The summed E-state index contributed by atoms with van der Waals surface area (Å²) in [7, 11) is 0. The summed E-state index contributed by atoms with van der Waals surface area (Å²) in [5.41, 5.74) is 0. The van der Waals surface area contributed by atoms with Crippen molar-refractivity contribution in [2.24, 2.45) is 5.92 Å². The summed E-state index contributed by atoms with van der Waals surface area (Å²) in [5.74, 6) is -1.88. The van der Waals surface area contributed by atoms with Gasteiger partial charge >= 0.3 is 11.9 Å². The molecule has 0 radical (unpaired) electrons. The number of alkyl halides is 1. The smallest absolute Gasteiger partial charge is 0.321 e. The second-order valence-electron chi connectivity index (χ2n) is 2.69. The standard InChI is InChI=1S/C9H15BrO4/c1-4-7(8(11)13-5-2)9(12)14-6(3)10/h6-7H,4-5H2,1-3H3. The molecule has 2 atom stereocenters. The number of carbonyl (C=O) groups excluding carboxylic acids is 2. The monoisotopic (exact) mass is 266 g/mol. The summed E-state index contributed by atoms with van der Waals surface area (Å²) >= 11 is 3.07. The van der Waals surface area contributed by atoms with E-state index in [1.165, 1.54) is 0 Å². The molecule has 4 nitrogen and oxygen atoms in total. The third-order valence-electron chi connectivity index (χ3n) is 1.54. The number of rotatable bonds is 5. The maximum absolute atomic E-state index is 11.3. The lowest BCUT2D eigenvalue weighted by atomic mass is 10.1. The second-order valence-corrected chi connectivity index (χ2v) is 3.98. The summed E-state index contributed by atoms with van der Waals surface area (Å²) in [5, 5.41) is -0.390. The van der Waals surface area contributed by atoms with Crippen LogP contribution in [0.4, 0.5) is 0 Å². The van der Waals surface area contributed by atoms with Crippen molar-refractivity contribution in [1.29, 1.82) is 0 Å². The molecule has 0 aliphatic heterocycles. The molecule has 0 aromatic rings. The second kappa shape index (κ2) is 6.81.